The van der Waals surface area contributed by atoms with E-state index < -0.39 is 11.9 Å². The predicted molar refractivity (Wildman–Crippen MR) is 119 cm³/mol. The molecule has 4 amide bonds. The van der Waals surface area contributed by atoms with Crippen LogP contribution >= 0.6 is 11.6 Å². The molecule has 0 radical (unpaired) electrons. The Morgan fingerprint density at radius 1 is 1.16 bits per heavy atom. The van der Waals surface area contributed by atoms with Gasteiger partial charge in [-0.1, -0.05) is 43.6 Å². The van der Waals surface area contributed by atoms with Gasteiger partial charge < -0.3 is 10.2 Å². The number of hydrogen-bond donors (Lipinski definition) is 2. The van der Waals surface area contributed by atoms with Crippen molar-refractivity contribution in [3.8, 4) is 0 Å². The number of halogens is 1. The highest BCUT2D eigenvalue weighted by atomic mass is 35.5. The zero-order valence-electron chi connectivity index (χ0n) is 17.9. The molecule has 2 atom stereocenters. The van der Waals surface area contributed by atoms with Crippen LogP contribution in [0, 0.1) is 5.92 Å². The number of piperidine rings is 1. The first-order valence-corrected chi connectivity index (χ1v) is 11.0. The number of nitrogens with one attached hydrogen (secondary N) is 2. The third kappa shape index (κ3) is 4.12. The van der Waals surface area contributed by atoms with E-state index in [1.54, 1.807) is 24.3 Å². The van der Waals surface area contributed by atoms with Gasteiger partial charge in [0, 0.05) is 29.1 Å². The summed E-state index contributed by atoms with van der Waals surface area (Å²) in [4.78, 5) is 51.0. The van der Waals surface area contributed by atoms with Crippen molar-refractivity contribution in [3.63, 3.8) is 0 Å². The summed E-state index contributed by atoms with van der Waals surface area (Å²) in [6, 6.07) is 11.4. The summed E-state index contributed by atoms with van der Waals surface area (Å²) < 4.78 is 0. The first kappa shape index (κ1) is 22.0. The van der Waals surface area contributed by atoms with Gasteiger partial charge in [0.1, 0.15) is 6.04 Å². The molecule has 0 aliphatic carbocycles. The molecular weight excluding hydrogens is 430 g/mol. The predicted octanol–water partition coefficient (Wildman–Crippen LogP) is 3.23. The van der Waals surface area contributed by atoms with Crippen LogP contribution in [0.5, 0.6) is 0 Å². The maximum atomic E-state index is 13.0. The molecule has 2 aromatic carbocycles. The van der Waals surface area contributed by atoms with Gasteiger partial charge in [-0.05, 0) is 47.7 Å². The number of imide groups is 1. The zero-order valence-corrected chi connectivity index (χ0v) is 18.6. The average molecular weight is 454 g/mol. The molecule has 166 valence electrons. The molecule has 2 N–H and O–H groups in total. The van der Waals surface area contributed by atoms with Gasteiger partial charge in [0.2, 0.25) is 11.8 Å². The lowest BCUT2D eigenvalue weighted by Crippen LogP contribution is -2.52. The number of nitrogens with zero attached hydrogens (tertiary/aromatic N) is 1. The van der Waals surface area contributed by atoms with E-state index in [2.05, 4.69) is 10.6 Å². The number of hydrogen-bond acceptors (Lipinski definition) is 4. The molecule has 0 spiro atoms. The smallest absolute Gasteiger partial charge is 0.255 e. The second-order valence-electron chi connectivity index (χ2n) is 8.49. The van der Waals surface area contributed by atoms with Crippen LogP contribution in [0.25, 0.3) is 0 Å². The summed E-state index contributed by atoms with van der Waals surface area (Å²) in [5, 5.41) is 5.93. The largest absolute Gasteiger partial charge is 0.345 e. The Morgan fingerprint density at radius 3 is 2.59 bits per heavy atom. The van der Waals surface area contributed by atoms with Crippen LogP contribution in [0.4, 0.5) is 0 Å². The minimum Gasteiger partial charge on any atom is -0.345 e. The molecule has 4 rings (SSSR count). The molecule has 2 aliphatic heterocycles. The van der Waals surface area contributed by atoms with E-state index in [-0.39, 0.29) is 42.6 Å². The summed E-state index contributed by atoms with van der Waals surface area (Å²) in [6.45, 7) is 4.24. The van der Waals surface area contributed by atoms with Gasteiger partial charge >= 0.3 is 0 Å². The summed E-state index contributed by atoms with van der Waals surface area (Å²) in [5.41, 5.74) is 2.43. The van der Waals surface area contributed by atoms with Crippen LogP contribution in [0.2, 0.25) is 5.02 Å². The Kier molecular flexibility index (Phi) is 6.02. The molecule has 8 heteroatoms. The van der Waals surface area contributed by atoms with Crippen molar-refractivity contribution in [1.29, 1.82) is 0 Å². The summed E-state index contributed by atoms with van der Waals surface area (Å²) in [5.74, 6) is -1.21. The number of carbonyl (C=O) groups is 4. The lowest BCUT2D eigenvalue weighted by Gasteiger charge is -2.29. The van der Waals surface area contributed by atoms with E-state index in [1.807, 2.05) is 32.0 Å². The van der Waals surface area contributed by atoms with Crippen LogP contribution in [0.3, 0.4) is 0 Å². The number of carbonyl (C=O) groups excluding carboxylic acids is 4. The minimum atomic E-state index is -0.685. The molecule has 0 bridgehead atoms. The van der Waals surface area contributed by atoms with E-state index >= 15 is 0 Å². The van der Waals surface area contributed by atoms with Crippen molar-refractivity contribution in [3.05, 3.63) is 69.7 Å². The topological polar surface area (TPSA) is 95.6 Å². The monoisotopic (exact) mass is 453 g/mol. The average Bonchev–Trinajstić information content (AvgIpc) is 3.08. The van der Waals surface area contributed by atoms with Crippen molar-refractivity contribution in [1.82, 2.24) is 15.5 Å². The second-order valence-corrected chi connectivity index (χ2v) is 8.90. The Morgan fingerprint density at radius 2 is 1.91 bits per heavy atom. The van der Waals surface area contributed by atoms with E-state index in [1.165, 1.54) is 4.90 Å². The van der Waals surface area contributed by atoms with Gasteiger partial charge in [-0.3, -0.25) is 24.5 Å². The summed E-state index contributed by atoms with van der Waals surface area (Å²) in [6.07, 6.45) is 0.495. The number of rotatable bonds is 5. The van der Waals surface area contributed by atoms with Crippen LogP contribution < -0.4 is 10.6 Å². The first-order valence-electron chi connectivity index (χ1n) is 10.6. The van der Waals surface area contributed by atoms with Crippen molar-refractivity contribution >= 4 is 35.2 Å². The molecule has 32 heavy (non-hydrogen) atoms. The van der Waals surface area contributed by atoms with Gasteiger partial charge in [0.15, 0.2) is 0 Å². The van der Waals surface area contributed by atoms with Gasteiger partial charge in [0.25, 0.3) is 11.8 Å². The highest BCUT2D eigenvalue weighted by Gasteiger charge is 2.39. The SMILES string of the molecule is CC(C)C(NC(=O)c1ccc2c(c1)CN(C1CCC(=O)NC1=O)C2=O)c1ccccc1Cl. The molecule has 1 fully saturated rings. The van der Waals surface area contributed by atoms with Crippen molar-refractivity contribution in [2.75, 3.05) is 0 Å². The highest BCUT2D eigenvalue weighted by Crippen LogP contribution is 2.30. The molecule has 2 aromatic rings. The lowest BCUT2D eigenvalue weighted by atomic mass is 9.95. The second kappa shape index (κ2) is 8.74. The standard InChI is InChI=1S/C24H24ClN3O4/c1-13(2)21(17-5-3-4-6-18(17)25)27-22(30)14-7-8-16-15(11-14)12-28(24(16)32)19-9-10-20(29)26-23(19)31/h3-8,11,13,19,21H,9-10,12H2,1-2H3,(H,27,30)(H,26,29,31). The van der Waals surface area contributed by atoms with E-state index in [9.17, 15) is 19.2 Å². The van der Waals surface area contributed by atoms with Crippen molar-refractivity contribution < 1.29 is 19.2 Å². The quantitative estimate of drug-likeness (QED) is 0.679. The maximum absolute atomic E-state index is 13.0. The first-order chi connectivity index (χ1) is 15.3. The third-order valence-electron chi connectivity index (χ3n) is 5.98. The van der Waals surface area contributed by atoms with E-state index in [4.69, 9.17) is 11.6 Å². The highest BCUT2D eigenvalue weighted by molar-refractivity contribution is 6.31. The van der Waals surface area contributed by atoms with Crippen LogP contribution in [-0.4, -0.2) is 34.6 Å². The fraction of sp³-hybridized carbons (Fsp3) is 0.333. The Bertz CT molecular complexity index is 1110. The number of fused-ring (bicyclic) bond motifs is 1. The fourth-order valence-corrected chi connectivity index (χ4v) is 4.52. The Hall–Kier alpha value is -3.19. The third-order valence-corrected chi connectivity index (χ3v) is 6.32. The van der Waals surface area contributed by atoms with Crippen molar-refractivity contribution in [2.24, 2.45) is 5.92 Å². The van der Waals surface area contributed by atoms with Crippen LogP contribution in [0.15, 0.2) is 42.5 Å². The number of amides is 4. The Balaban J connectivity index is 1.53. The Labute approximate surface area is 191 Å². The lowest BCUT2D eigenvalue weighted by molar-refractivity contribution is -0.136. The molecule has 0 saturated carbocycles. The van der Waals surface area contributed by atoms with E-state index in [0.29, 0.717) is 28.1 Å². The minimum absolute atomic E-state index is 0.109. The fourth-order valence-electron chi connectivity index (χ4n) is 4.27. The van der Waals surface area contributed by atoms with Gasteiger partial charge in [-0.2, -0.15) is 0 Å². The zero-order chi connectivity index (χ0) is 23.0. The molecule has 1 saturated heterocycles. The molecule has 2 heterocycles. The molecule has 7 nitrogen and oxygen atoms in total. The maximum Gasteiger partial charge on any atom is 0.255 e. The molecule has 2 unspecified atom stereocenters. The van der Waals surface area contributed by atoms with E-state index in [0.717, 1.165) is 5.56 Å². The molecule has 0 aromatic heterocycles. The van der Waals surface area contributed by atoms with Crippen LogP contribution in [-0.2, 0) is 16.1 Å². The molecular formula is C24H24ClN3O4. The molecule has 2 aliphatic rings. The summed E-state index contributed by atoms with van der Waals surface area (Å²) >= 11 is 6.35. The summed E-state index contributed by atoms with van der Waals surface area (Å²) in [7, 11) is 0. The van der Waals surface area contributed by atoms with Crippen LogP contribution in [0.1, 0.15) is 64.6 Å². The van der Waals surface area contributed by atoms with Gasteiger partial charge in [-0.15, -0.1) is 0 Å². The van der Waals surface area contributed by atoms with Gasteiger partial charge in [-0.25, -0.2) is 0 Å². The number of benzene rings is 2. The normalized spacial score (nSPS) is 19.1. The van der Waals surface area contributed by atoms with Gasteiger partial charge in [0.05, 0.1) is 6.04 Å². The van der Waals surface area contributed by atoms with Crippen molar-refractivity contribution in [2.45, 2.75) is 45.3 Å².